The smallest absolute Gasteiger partial charge is 0.263 e. The molecule has 1 fully saturated rings. The van der Waals surface area contributed by atoms with E-state index in [0.717, 1.165) is 22.0 Å². The Balaban J connectivity index is 1.52. The summed E-state index contributed by atoms with van der Waals surface area (Å²) < 4.78 is 29.2. The number of halogens is 2. The minimum absolute atomic E-state index is 0.0457. The normalized spacial score (nSPS) is 16.8. The lowest BCUT2D eigenvalue weighted by Crippen LogP contribution is -2.49. The fraction of sp³-hybridized carbons (Fsp3) is 0.400. The summed E-state index contributed by atoms with van der Waals surface area (Å²) in [5.41, 5.74) is -0.182. The summed E-state index contributed by atoms with van der Waals surface area (Å²) in [7, 11) is 1.81. The van der Waals surface area contributed by atoms with Crippen LogP contribution in [0.25, 0.3) is 22.0 Å². The summed E-state index contributed by atoms with van der Waals surface area (Å²) in [6, 6.07) is 7.55. The van der Waals surface area contributed by atoms with Crippen LogP contribution in [0, 0.1) is 0 Å². The molecular formula is C20H22F2N6O. The van der Waals surface area contributed by atoms with Crippen LogP contribution in [-0.2, 0) is 11.8 Å². The lowest BCUT2D eigenvalue weighted by molar-refractivity contribution is -0.130. The van der Waals surface area contributed by atoms with Crippen LogP contribution in [0.4, 0.5) is 14.6 Å². The zero-order chi connectivity index (χ0) is 20.4. The molecule has 7 nitrogen and oxygen atoms in total. The van der Waals surface area contributed by atoms with Gasteiger partial charge < -0.3 is 10.2 Å². The Morgan fingerprint density at radius 2 is 2.00 bits per heavy atom. The maximum atomic E-state index is 15.1. The van der Waals surface area contributed by atoms with Crippen molar-refractivity contribution in [3.63, 3.8) is 0 Å². The average Bonchev–Trinajstić information content (AvgIpc) is 3.15. The summed E-state index contributed by atoms with van der Waals surface area (Å²) in [4.78, 5) is 18.6. The monoisotopic (exact) mass is 400 g/mol. The Morgan fingerprint density at radius 3 is 2.69 bits per heavy atom. The summed E-state index contributed by atoms with van der Waals surface area (Å²) in [5.74, 6) is -0.401. The van der Waals surface area contributed by atoms with Crippen molar-refractivity contribution in [2.24, 2.45) is 7.05 Å². The summed E-state index contributed by atoms with van der Waals surface area (Å²) in [6.07, 6.45) is 3.41. The Labute approximate surface area is 166 Å². The molecular weight excluding hydrogens is 378 g/mol. The molecule has 1 amide bonds. The molecule has 0 saturated carbocycles. The molecule has 152 valence electrons. The molecule has 29 heavy (non-hydrogen) atoms. The van der Waals surface area contributed by atoms with Gasteiger partial charge in [-0.2, -0.15) is 0 Å². The highest BCUT2D eigenvalue weighted by molar-refractivity contribution is 5.98. The second-order valence-corrected chi connectivity index (χ2v) is 7.32. The fourth-order valence-electron chi connectivity index (χ4n) is 3.63. The second kappa shape index (κ2) is 7.82. The van der Waals surface area contributed by atoms with Gasteiger partial charge in [-0.1, -0.05) is 17.3 Å². The van der Waals surface area contributed by atoms with Crippen LogP contribution in [0.2, 0.25) is 0 Å². The maximum Gasteiger partial charge on any atom is 0.263 e. The van der Waals surface area contributed by atoms with Crippen molar-refractivity contribution in [2.75, 3.05) is 31.6 Å². The number of nitrogens with zero attached hydrogens (tertiary/aromatic N) is 5. The van der Waals surface area contributed by atoms with Crippen LogP contribution >= 0.6 is 0 Å². The number of nitrogens with one attached hydrogen (secondary N) is 1. The molecule has 0 aliphatic carbocycles. The van der Waals surface area contributed by atoms with Crippen LogP contribution in [0.5, 0.6) is 0 Å². The maximum absolute atomic E-state index is 15.1. The van der Waals surface area contributed by atoms with Crippen molar-refractivity contribution in [3.8, 4) is 11.3 Å². The fourth-order valence-corrected chi connectivity index (χ4v) is 3.63. The molecule has 0 spiro atoms. The average molecular weight is 400 g/mol. The number of anilines is 1. The molecule has 0 bridgehead atoms. The van der Waals surface area contributed by atoms with Crippen molar-refractivity contribution in [2.45, 2.75) is 18.5 Å². The number of piperidine rings is 1. The quantitative estimate of drug-likeness (QED) is 0.713. The highest BCUT2D eigenvalue weighted by Gasteiger charge is 2.41. The molecule has 1 aliphatic heterocycles. The van der Waals surface area contributed by atoms with E-state index >= 15 is 4.39 Å². The molecule has 0 unspecified atom stereocenters. The lowest BCUT2D eigenvalue weighted by Gasteiger charge is -2.34. The van der Waals surface area contributed by atoms with Gasteiger partial charge in [0.25, 0.3) is 5.91 Å². The number of benzene rings is 1. The van der Waals surface area contributed by atoms with Crippen LogP contribution < -0.4 is 5.32 Å². The summed E-state index contributed by atoms with van der Waals surface area (Å²) >= 11 is 0. The molecule has 1 aromatic carbocycles. The number of amides is 1. The number of rotatable bonds is 5. The first-order chi connectivity index (χ1) is 14.0. The van der Waals surface area contributed by atoms with Crippen LogP contribution in [0.1, 0.15) is 12.8 Å². The van der Waals surface area contributed by atoms with Gasteiger partial charge in [-0.05, 0) is 17.5 Å². The Bertz CT molecular complexity index is 1030. The predicted octanol–water partition coefficient (Wildman–Crippen LogP) is 2.74. The first-order valence-corrected chi connectivity index (χ1v) is 9.52. The van der Waals surface area contributed by atoms with Gasteiger partial charge in [0.05, 0.1) is 11.9 Å². The van der Waals surface area contributed by atoms with E-state index in [9.17, 15) is 9.18 Å². The van der Waals surface area contributed by atoms with Gasteiger partial charge in [-0.25, -0.2) is 18.4 Å². The summed E-state index contributed by atoms with van der Waals surface area (Å²) in [6.45, 7) is 0.532. The first-order valence-electron chi connectivity index (χ1n) is 9.52. The second-order valence-electron chi connectivity index (χ2n) is 7.32. The molecule has 2 aromatic heterocycles. The van der Waals surface area contributed by atoms with E-state index in [2.05, 4.69) is 20.6 Å². The van der Waals surface area contributed by atoms with Gasteiger partial charge in [0.1, 0.15) is 12.5 Å². The zero-order valence-corrected chi connectivity index (χ0v) is 16.1. The topological polar surface area (TPSA) is 75.9 Å². The molecule has 1 aliphatic rings. The largest absolute Gasteiger partial charge is 0.308 e. The Hall–Kier alpha value is -2.94. The third-order valence-corrected chi connectivity index (χ3v) is 5.43. The summed E-state index contributed by atoms with van der Waals surface area (Å²) in [5, 5.41) is 12.2. The number of fused-ring (bicyclic) bond motifs is 1. The van der Waals surface area contributed by atoms with Crippen LogP contribution in [0.15, 0.2) is 36.7 Å². The molecule has 4 rings (SSSR count). The third kappa shape index (κ3) is 3.95. The van der Waals surface area contributed by atoms with Crippen molar-refractivity contribution in [1.82, 2.24) is 24.9 Å². The number of hydrogen-bond acceptors (Lipinski definition) is 5. The highest BCUT2D eigenvalue weighted by atomic mass is 19.1. The van der Waals surface area contributed by atoms with Gasteiger partial charge in [0.2, 0.25) is 0 Å². The minimum atomic E-state index is -1.97. The van der Waals surface area contributed by atoms with Crippen molar-refractivity contribution >= 4 is 22.5 Å². The van der Waals surface area contributed by atoms with Crippen molar-refractivity contribution < 1.29 is 13.6 Å². The standard InChI is InChI=1S/C20H22F2N6O/c1-27-17(13-24-26-27)14-2-3-15-12-23-18(11-16(15)10-14)25-19(29)20(22)4-7-28(8-5-20)9-6-21/h2-3,10-13H,4-9H2,1H3,(H,23,25,29). The third-order valence-electron chi connectivity index (χ3n) is 5.43. The number of aromatic nitrogens is 4. The number of hydrogen-bond donors (Lipinski definition) is 1. The number of alkyl halides is 2. The van der Waals surface area contributed by atoms with Gasteiger partial charge in [0, 0.05) is 56.7 Å². The molecule has 3 aromatic rings. The molecule has 1 N–H and O–H groups in total. The SMILES string of the molecule is Cn1nncc1-c1ccc2cnc(NC(=O)C3(F)CCN(CCF)CC3)cc2c1. The van der Waals surface area contributed by atoms with E-state index in [-0.39, 0.29) is 19.4 Å². The Kier molecular flexibility index (Phi) is 5.23. The van der Waals surface area contributed by atoms with Crippen molar-refractivity contribution in [1.29, 1.82) is 0 Å². The van der Waals surface area contributed by atoms with Crippen LogP contribution in [0.3, 0.4) is 0 Å². The number of carbonyl (C=O) groups is 1. The molecule has 0 atom stereocenters. The highest BCUT2D eigenvalue weighted by Crippen LogP contribution is 2.29. The van der Waals surface area contributed by atoms with Crippen LogP contribution in [-0.4, -0.2) is 62.8 Å². The van der Waals surface area contributed by atoms with Gasteiger partial charge in [0.15, 0.2) is 5.67 Å². The van der Waals surface area contributed by atoms with E-state index in [0.29, 0.717) is 18.9 Å². The lowest BCUT2D eigenvalue weighted by atomic mass is 9.92. The van der Waals surface area contributed by atoms with E-state index in [1.807, 2.05) is 30.1 Å². The molecule has 0 radical (unpaired) electrons. The molecule has 9 heteroatoms. The molecule has 3 heterocycles. The van der Waals surface area contributed by atoms with E-state index in [1.54, 1.807) is 23.1 Å². The van der Waals surface area contributed by atoms with E-state index < -0.39 is 18.3 Å². The molecule has 1 saturated heterocycles. The van der Waals surface area contributed by atoms with E-state index in [1.165, 1.54) is 0 Å². The van der Waals surface area contributed by atoms with Gasteiger partial charge in [-0.15, -0.1) is 5.10 Å². The first kappa shape index (κ1) is 19.4. The number of pyridine rings is 1. The number of carbonyl (C=O) groups excluding carboxylic acids is 1. The number of aryl methyl sites for hydroxylation is 1. The van der Waals surface area contributed by atoms with Gasteiger partial charge >= 0.3 is 0 Å². The predicted molar refractivity (Wildman–Crippen MR) is 106 cm³/mol. The van der Waals surface area contributed by atoms with Crippen molar-refractivity contribution in [3.05, 3.63) is 36.7 Å². The Morgan fingerprint density at radius 1 is 1.21 bits per heavy atom. The van der Waals surface area contributed by atoms with E-state index in [4.69, 9.17) is 0 Å². The zero-order valence-electron chi connectivity index (χ0n) is 16.1. The minimum Gasteiger partial charge on any atom is -0.308 e. The van der Waals surface area contributed by atoms with Gasteiger partial charge in [-0.3, -0.25) is 4.79 Å². The number of likely N-dealkylation sites (tertiary alicyclic amines) is 1.